The Morgan fingerprint density at radius 2 is 2.28 bits per heavy atom. The van der Waals surface area contributed by atoms with Crippen molar-refractivity contribution in [1.29, 1.82) is 0 Å². The second-order valence-electron chi connectivity index (χ2n) is 3.82. The van der Waals surface area contributed by atoms with Gasteiger partial charge in [0.05, 0.1) is 0 Å². The van der Waals surface area contributed by atoms with Gasteiger partial charge in [0.1, 0.15) is 5.82 Å². The zero-order valence-corrected chi connectivity index (χ0v) is 10.3. The molecule has 98 valence electrons. The van der Waals surface area contributed by atoms with Crippen molar-refractivity contribution in [2.75, 3.05) is 0 Å². The van der Waals surface area contributed by atoms with Crippen LogP contribution in [0.4, 0.5) is 4.39 Å². The molecule has 1 amide bonds. The fourth-order valence-corrected chi connectivity index (χ4v) is 1.85. The van der Waals surface area contributed by atoms with E-state index in [4.69, 9.17) is 16.7 Å². The molecule has 0 spiro atoms. The molecular weight excluding hydrogens is 261 g/mol. The van der Waals surface area contributed by atoms with Gasteiger partial charge in [-0.05, 0) is 25.0 Å². The molecule has 4 nitrogen and oxygen atoms in total. The highest BCUT2D eigenvalue weighted by Crippen LogP contribution is 2.21. The van der Waals surface area contributed by atoms with Gasteiger partial charge in [-0.15, -0.1) is 0 Å². The number of carboxylic acids is 1. The van der Waals surface area contributed by atoms with E-state index < -0.39 is 17.8 Å². The van der Waals surface area contributed by atoms with E-state index in [0.29, 0.717) is 6.41 Å². The van der Waals surface area contributed by atoms with E-state index in [-0.39, 0.29) is 29.8 Å². The van der Waals surface area contributed by atoms with Crippen LogP contribution in [-0.2, 0) is 16.0 Å². The van der Waals surface area contributed by atoms with E-state index in [1.165, 1.54) is 12.1 Å². The first-order valence-electron chi connectivity index (χ1n) is 5.39. The topological polar surface area (TPSA) is 66.4 Å². The first kappa shape index (κ1) is 14.4. The Balaban J connectivity index is 2.76. The first-order valence-corrected chi connectivity index (χ1v) is 5.76. The lowest BCUT2D eigenvalue weighted by Crippen LogP contribution is -2.31. The van der Waals surface area contributed by atoms with E-state index in [1.54, 1.807) is 6.07 Å². The molecule has 2 N–H and O–H groups in total. The molecule has 1 unspecified atom stereocenters. The minimum absolute atomic E-state index is 0.0996. The summed E-state index contributed by atoms with van der Waals surface area (Å²) in [7, 11) is 0. The summed E-state index contributed by atoms with van der Waals surface area (Å²) >= 11 is 5.86. The van der Waals surface area contributed by atoms with Gasteiger partial charge in [-0.1, -0.05) is 17.7 Å². The van der Waals surface area contributed by atoms with E-state index >= 15 is 0 Å². The Morgan fingerprint density at radius 1 is 1.56 bits per heavy atom. The maximum atomic E-state index is 13.5. The van der Waals surface area contributed by atoms with Gasteiger partial charge in [0.25, 0.3) is 0 Å². The number of hydrogen-bond donors (Lipinski definition) is 2. The predicted molar refractivity (Wildman–Crippen MR) is 65.0 cm³/mol. The molecule has 0 heterocycles. The highest BCUT2D eigenvalue weighted by Gasteiger charge is 2.15. The molecule has 1 aromatic rings. The number of rotatable bonds is 7. The lowest BCUT2D eigenvalue weighted by molar-refractivity contribution is -0.137. The van der Waals surface area contributed by atoms with Gasteiger partial charge >= 0.3 is 5.97 Å². The molecule has 0 saturated heterocycles. The lowest BCUT2D eigenvalue weighted by Gasteiger charge is -2.16. The van der Waals surface area contributed by atoms with Crippen molar-refractivity contribution in [2.24, 2.45) is 0 Å². The molecule has 0 bridgehead atoms. The summed E-state index contributed by atoms with van der Waals surface area (Å²) in [6.07, 6.45) is 0.759. The molecule has 0 radical (unpaired) electrons. The van der Waals surface area contributed by atoms with Gasteiger partial charge in [-0.2, -0.15) is 0 Å². The minimum Gasteiger partial charge on any atom is -0.481 e. The molecule has 0 aliphatic rings. The van der Waals surface area contributed by atoms with E-state index in [0.717, 1.165) is 0 Å². The molecule has 1 rings (SSSR count). The van der Waals surface area contributed by atoms with Crippen LogP contribution in [0.1, 0.15) is 18.4 Å². The number of carboxylic acid groups (broad SMARTS) is 1. The zero-order valence-electron chi connectivity index (χ0n) is 9.53. The van der Waals surface area contributed by atoms with E-state index in [9.17, 15) is 14.0 Å². The number of carbonyl (C=O) groups is 2. The minimum atomic E-state index is -0.965. The number of aliphatic carboxylic acids is 1. The van der Waals surface area contributed by atoms with Gasteiger partial charge in [0, 0.05) is 23.0 Å². The Morgan fingerprint density at radius 3 is 2.83 bits per heavy atom. The van der Waals surface area contributed by atoms with Crippen LogP contribution in [0.25, 0.3) is 0 Å². The van der Waals surface area contributed by atoms with Crippen molar-refractivity contribution in [2.45, 2.75) is 25.3 Å². The lowest BCUT2D eigenvalue weighted by atomic mass is 10.0. The predicted octanol–water partition coefficient (Wildman–Crippen LogP) is 2.00. The van der Waals surface area contributed by atoms with Crippen molar-refractivity contribution in [3.05, 3.63) is 34.6 Å². The number of benzene rings is 1. The SMILES string of the molecule is O=CNC(CCC(=O)O)Cc1c(F)cccc1Cl. The van der Waals surface area contributed by atoms with Crippen molar-refractivity contribution in [3.8, 4) is 0 Å². The molecule has 0 aliphatic carbocycles. The normalized spacial score (nSPS) is 11.9. The average Bonchev–Trinajstić information content (AvgIpc) is 2.30. The van der Waals surface area contributed by atoms with Crippen LogP contribution in [0, 0.1) is 5.82 Å². The van der Waals surface area contributed by atoms with Crippen molar-refractivity contribution < 1.29 is 19.1 Å². The second-order valence-corrected chi connectivity index (χ2v) is 4.23. The highest BCUT2D eigenvalue weighted by atomic mass is 35.5. The largest absolute Gasteiger partial charge is 0.481 e. The fourth-order valence-electron chi connectivity index (χ4n) is 1.61. The summed E-state index contributed by atoms with van der Waals surface area (Å²) in [5.41, 5.74) is 0.281. The van der Waals surface area contributed by atoms with Crippen LogP contribution in [0.5, 0.6) is 0 Å². The number of amides is 1. The fraction of sp³-hybridized carbons (Fsp3) is 0.333. The van der Waals surface area contributed by atoms with E-state index in [1.807, 2.05) is 0 Å². The zero-order chi connectivity index (χ0) is 13.5. The van der Waals surface area contributed by atoms with Crippen LogP contribution < -0.4 is 5.32 Å². The Hall–Kier alpha value is -1.62. The second kappa shape index (κ2) is 6.96. The summed E-state index contributed by atoms with van der Waals surface area (Å²) < 4.78 is 13.5. The number of nitrogens with one attached hydrogen (secondary N) is 1. The van der Waals surface area contributed by atoms with Gasteiger partial charge < -0.3 is 10.4 Å². The first-order chi connectivity index (χ1) is 8.54. The van der Waals surface area contributed by atoms with Crippen LogP contribution in [0.3, 0.4) is 0 Å². The van der Waals surface area contributed by atoms with Crippen LogP contribution in [0.15, 0.2) is 18.2 Å². The third kappa shape index (κ3) is 4.33. The summed E-state index contributed by atoms with van der Waals surface area (Å²) in [6.45, 7) is 0. The summed E-state index contributed by atoms with van der Waals surface area (Å²) in [5, 5.41) is 11.3. The smallest absolute Gasteiger partial charge is 0.303 e. The maximum absolute atomic E-state index is 13.5. The average molecular weight is 274 g/mol. The Labute approximate surface area is 109 Å². The molecule has 0 fully saturated rings. The number of halogens is 2. The Bertz CT molecular complexity index is 419. The quantitative estimate of drug-likeness (QED) is 0.747. The third-order valence-corrected chi connectivity index (χ3v) is 2.88. The standard InChI is InChI=1S/C12H13ClFNO3/c13-10-2-1-3-11(14)9(10)6-8(15-7-16)4-5-12(17)18/h1-3,7-8H,4-6H2,(H,15,16)(H,17,18). The van der Waals surface area contributed by atoms with Crippen molar-refractivity contribution >= 4 is 24.0 Å². The molecule has 0 saturated carbocycles. The van der Waals surface area contributed by atoms with Gasteiger partial charge in [-0.25, -0.2) is 4.39 Å². The number of carbonyl (C=O) groups excluding carboxylic acids is 1. The summed E-state index contributed by atoms with van der Waals surface area (Å²) in [5.74, 6) is -1.43. The third-order valence-electron chi connectivity index (χ3n) is 2.52. The van der Waals surface area contributed by atoms with E-state index in [2.05, 4.69) is 5.32 Å². The van der Waals surface area contributed by atoms with Crippen LogP contribution >= 0.6 is 11.6 Å². The Kier molecular flexibility index (Phi) is 5.58. The molecule has 18 heavy (non-hydrogen) atoms. The number of hydrogen-bond acceptors (Lipinski definition) is 2. The van der Waals surface area contributed by atoms with Crippen molar-refractivity contribution in [3.63, 3.8) is 0 Å². The summed E-state index contributed by atoms with van der Waals surface area (Å²) in [4.78, 5) is 20.9. The molecular formula is C12H13ClFNO3. The monoisotopic (exact) mass is 273 g/mol. The van der Waals surface area contributed by atoms with Crippen LogP contribution in [-0.4, -0.2) is 23.5 Å². The van der Waals surface area contributed by atoms with Crippen LogP contribution in [0.2, 0.25) is 5.02 Å². The molecule has 6 heteroatoms. The maximum Gasteiger partial charge on any atom is 0.303 e. The van der Waals surface area contributed by atoms with Crippen molar-refractivity contribution in [1.82, 2.24) is 5.32 Å². The summed E-state index contributed by atoms with van der Waals surface area (Å²) in [6, 6.07) is 3.86. The van der Waals surface area contributed by atoms with Gasteiger partial charge in [0.15, 0.2) is 0 Å². The molecule has 1 aromatic carbocycles. The van der Waals surface area contributed by atoms with Gasteiger partial charge in [-0.3, -0.25) is 9.59 Å². The molecule has 1 atom stereocenters. The highest BCUT2D eigenvalue weighted by molar-refractivity contribution is 6.31. The van der Waals surface area contributed by atoms with Gasteiger partial charge in [0.2, 0.25) is 6.41 Å². The molecule has 0 aromatic heterocycles. The molecule has 0 aliphatic heterocycles.